The zero-order valence-corrected chi connectivity index (χ0v) is 6.91. The highest BCUT2D eigenvalue weighted by Gasteiger charge is 2.20. The quantitative estimate of drug-likeness (QED) is 0.697. The molecule has 1 rings (SSSR count). The molecule has 60 valence electrons. The third-order valence-electron chi connectivity index (χ3n) is 1.91. The lowest BCUT2D eigenvalue weighted by molar-refractivity contribution is 0.0485. The number of nitrogens with zero attached hydrogens (tertiary/aromatic N) is 1. The maximum Gasteiger partial charge on any atom is 0.103 e. The Morgan fingerprint density at radius 3 is 2.73 bits per heavy atom. The normalized spacial score (nSPS) is 15.9. The van der Waals surface area contributed by atoms with E-state index in [1.54, 1.807) is 13.1 Å². The fraction of sp³-hybridized carbons (Fsp3) is 0.444. The molecule has 0 aliphatic rings. The maximum atomic E-state index is 9.73. The molecule has 0 aliphatic carbocycles. The number of rotatable bonds is 2. The summed E-state index contributed by atoms with van der Waals surface area (Å²) in [7, 11) is 0. The molecule has 1 aromatic heterocycles. The Balaban J connectivity index is 2.93. The van der Waals surface area contributed by atoms with E-state index in [-0.39, 0.29) is 0 Å². The van der Waals surface area contributed by atoms with Gasteiger partial charge in [0.25, 0.3) is 0 Å². The lowest BCUT2D eigenvalue weighted by Crippen LogP contribution is -2.20. The number of hydrogen-bond acceptors (Lipinski definition) is 2. The summed E-state index contributed by atoms with van der Waals surface area (Å²) in [5.74, 6) is 0. The smallest absolute Gasteiger partial charge is 0.103 e. The Hall–Kier alpha value is -0.890. The van der Waals surface area contributed by atoms with Gasteiger partial charge in [-0.05, 0) is 25.5 Å². The van der Waals surface area contributed by atoms with E-state index in [0.29, 0.717) is 6.42 Å². The monoisotopic (exact) mass is 151 g/mol. The van der Waals surface area contributed by atoms with Crippen LogP contribution in [0.4, 0.5) is 0 Å². The Morgan fingerprint density at radius 2 is 2.27 bits per heavy atom. The van der Waals surface area contributed by atoms with Crippen LogP contribution in [0.2, 0.25) is 0 Å². The number of aromatic nitrogens is 1. The van der Waals surface area contributed by atoms with Crippen LogP contribution in [0.1, 0.15) is 26.0 Å². The zero-order chi connectivity index (χ0) is 8.32. The first-order valence-corrected chi connectivity index (χ1v) is 3.80. The highest BCUT2D eigenvalue weighted by molar-refractivity contribution is 5.10. The first kappa shape index (κ1) is 8.21. The molecular formula is C9H13NO. The van der Waals surface area contributed by atoms with Crippen molar-refractivity contribution in [3.63, 3.8) is 0 Å². The fourth-order valence-corrected chi connectivity index (χ4v) is 0.862. The first-order valence-electron chi connectivity index (χ1n) is 3.80. The van der Waals surface area contributed by atoms with Crippen LogP contribution in [0.15, 0.2) is 24.4 Å². The number of aliphatic hydroxyl groups is 1. The van der Waals surface area contributed by atoms with E-state index < -0.39 is 5.60 Å². The molecule has 1 N–H and O–H groups in total. The number of hydrogen-bond donors (Lipinski definition) is 1. The van der Waals surface area contributed by atoms with E-state index in [0.717, 1.165) is 5.69 Å². The van der Waals surface area contributed by atoms with Crippen LogP contribution in [-0.4, -0.2) is 10.1 Å². The summed E-state index contributed by atoms with van der Waals surface area (Å²) in [5.41, 5.74) is -0.0381. The van der Waals surface area contributed by atoms with Crippen molar-refractivity contribution in [1.82, 2.24) is 4.98 Å². The average Bonchev–Trinajstić information content (AvgIpc) is 2.06. The lowest BCUT2D eigenvalue weighted by Gasteiger charge is -2.19. The molecule has 2 heteroatoms. The highest BCUT2D eigenvalue weighted by Crippen LogP contribution is 2.20. The summed E-state index contributed by atoms with van der Waals surface area (Å²) in [4.78, 5) is 4.07. The van der Waals surface area contributed by atoms with Gasteiger partial charge >= 0.3 is 0 Å². The first-order chi connectivity index (χ1) is 5.17. The molecule has 1 atom stereocenters. The number of pyridine rings is 1. The van der Waals surface area contributed by atoms with Gasteiger partial charge < -0.3 is 5.11 Å². The van der Waals surface area contributed by atoms with Gasteiger partial charge in [0.2, 0.25) is 0 Å². The predicted molar refractivity (Wildman–Crippen MR) is 44.1 cm³/mol. The van der Waals surface area contributed by atoms with Crippen molar-refractivity contribution in [1.29, 1.82) is 0 Å². The van der Waals surface area contributed by atoms with Gasteiger partial charge in [-0.2, -0.15) is 0 Å². The second kappa shape index (κ2) is 3.01. The summed E-state index contributed by atoms with van der Waals surface area (Å²) in [6.07, 6.45) is 2.38. The van der Waals surface area contributed by atoms with Crippen molar-refractivity contribution in [3.05, 3.63) is 30.1 Å². The molecule has 0 saturated carbocycles. The molecule has 0 spiro atoms. The van der Waals surface area contributed by atoms with Crippen molar-refractivity contribution >= 4 is 0 Å². The molecule has 0 fully saturated rings. The summed E-state index contributed by atoms with van der Waals surface area (Å²) in [6.45, 7) is 3.71. The van der Waals surface area contributed by atoms with Gasteiger partial charge in [-0.15, -0.1) is 0 Å². The van der Waals surface area contributed by atoms with E-state index in [1.807, 2.05) is 25.1 Å². The van der Waals surface area contributed by atoms with Crippen LogP contribution < -0.4 is 0 Å². The average molecular weight is 151 g/mol. The Morgan fingerprint density at radius 1 is 1.55 bits per heavy atom. The van der Waals surface area contributed by atoms with Crippen molar-refractivity contribution in [2.45, 2.75) is 25.9 Å². The third kappa shape index (κ3) is 1.77. The SMILES string of the molecule is CC[C@@](C)(O)c1ccccn1. The minimum atomic E-state index is -0.777. The second-order valence-corrected chi connectivity index (χ2v) is 2.84. The van der Waals surface area contributed by atoms with Crippen molar-refractivity contribution in [2.24, 2.45) is 0 Å². The van der Waals surface area contributed by atoms with Crippen molar-refractivity contribution < 1.29 is 5.11 Å². The molecule has 0 aliphatic heterocycles. The molecule has 11 heavy (non-hydrogen) atoms. The van der Waals surface area contributed by atoms with Gasteiger partial charge in [-0.3, -0.25) is 4.98 Å². The van der Waals surface area contributed by atoms with Crippen LogP contribution >= 0.6 is 0 Å². The molecule has 1 heterocycles. The van der Waals surface area contributed by atoms with Crippen LogP contribution in [-0.2, 0) is 5.60 Å². The molecule has 0 aromatic carbocycles. The summed E-state index contributed by atoms with van der Waals surface area (Å²) in [5, 5.41) is 9.73. The Labute approximate surface area is 66.9 Å². The molecule has 1 aromatic rings. The molecule has 0 bridgehead atoms. The van der Waals surface area contributed by atoms with Gasteiger partial charge in [-0.25, -0.2) is 0 Å². The topological polar surface area (TPSA) is 33.1 Å². The molecule has 2 nitrogen and oxygen atoms in total. The van der Waals surface area contributed by atoms with Crippen LogP contribution in [0.5, 0.6) is 0 Å². The largest absolute Gasteiger partial charge is 0.384 e. The molecular weight excluding hydrogens is 138 g/mol. The lowest BCUT2D eigenvalue weighted by atomic mass is 9.99. The summed E-state index contributed by atoms with van der Waals surface area (Å²) < 4.78 is 0. The van der Waals surface area contributed by atoms with E-state index in [2.05, 4.69) is 4.98 Å². The maximum absolute atomic E-state index is 9.73. The minimum absolute atomic E-state index is 0.685. The van der Waals surface area contributed by atoms with Crippen LogP contribution in [0.3, 0.4) is 0 Å². The van der Waals surface area contributed by atoms with Crippen molar-refractivity contribution in [2.75, 3.05) is 0 Å². The third-order valence-corrected chi connectivity index (χ3v) is 1.91. The van der Waals surface area contributed by atoms with Crippen LogP contribution in [0, 0.1) is 0 Å². The molecule has 0 amide bonds. The molecule has 0 radical (unpaired) electrons. The minimum Gasteiger partial charge on any atom is -0.384 e. The Kier molecular flexibility index (Phi) is 2.25. The molecule has 0 saturated heterocycles. The summed E-state index contributed by atoms with van der Waals surface area (Å²) >= 11 is 0. The van der Waals surface area contributed by atoms with E-state index in [9.17, 15) is 5.11 Å². The predicted octanol–water partition coefficient (Wildman–Crippen LogP) is 1.70. The van der Waals surface area contributed by atoms with E-state index in [4.69, 9.17) is 0 Å². The standard InChI is InChI=1S/C9H13NO/c1-3-9(2,11)8-6-4-5-7-10-8/h4-7,11H,3H2,1-2H3/t9-/m1/s1. The van der Waals surface area contributed by atoms with Gasteiger partial charge in [0.05, 0.1) is 5.69 Å². The highest BCUT2D eigenvalue weighted by atomic mass is 16.3. The van der Waals surface area contributed by atoms with Crippen molar-refractivity contribution in [3.8, 4) is 0 Å². The Bertz CT molecular complexity index is 218. The van der Waals surface area contributed by atoms with Gasteiger partial charge in [0.1, 0.15) is 5.60 Å². The van der Waals surface area contributed by atoms with E-state index >= 15 is 0 Å². The van der Waals surface area contributed by atoms with Crippen LogP contribution in [0.25, 0.3) is 0 Å². The van der Waals surface area contributed by atoms with Gasteiger partial charge in [0.15, 0.2) is 0 Å². The van der Waals surface area contributed by atoms with E-state index in [1.165, 1.54) is 0 Å². The van der Waals surface area contributed by atoms with Gasteiger partial charge in [0, 0.05) is 6.20 Å². The molecule has 0 unspecified atom stereocenters. The van der Waals surface area contributed by atoms with Gasteiger partial charge in [-0.1, -0.05) is 13.0 Å². The fourth-order valence-electron chi connectivity index (χ4n) is 0.862. The second-order valence-electron chi connectivity index (χ2n) is 2.84. The summed E-state index contributed by atoms with van der Waals surface area (Å²) in [6, 6.07) is 5.56. The zero-order valence-electron chi connectivity index (χ0n) is 6.91.